The summed E-state index contributed by atoms with van der Waals surface area (Å²) in [7, 11) is 0. The molecule has 4 saturated carbocycles. The summed E-state index contributed by atoms with van der Waals surface area (Å²) in [6.07, 6.45) is -3.62. The van der Waals surface area contributed by atoms with Crippen LogP contribution in [0.4, 0.5) is 0 Å². The van der Waals surface area contributed by atoms with Crippen LogP contribution >= 0.6 is 0 Å². The minimum absolute atomic E-state index is 0.00502. The van der Waals surface area contributed by atoms with Crippen LogP contribution < -0.4 is 0 Å². The van der Waals surface area contributed by atoms with Crippen LogP contribution in [0.3, 0.4) is 0 Å². The lowest BCUT2D eigenvalue weighted by Gasteiger charge is -2.71. The van der Waals surface area contributed by atoms with Crippen molar-refractivity contribution in [3.8, 4) is 0 Å². The van der Waals surface area contributed by atoms with Crippen LogP contribution in [0.15, 0.2) is 11.6 Å². The van der Waals surface area contributed by atoms with Crippen LogP contribution in [0.2, 0.25) is 0 Å². The van der Waals surface area contributed by atoms with Gasteiger partial charge in [0.2, 0.25) is 6.29 Å². The van der Waals surface area contributed by atoms with E-state index in [1.54, 1.807) is 0 Å². The SMILES string of the molecule is CC1(C)CC[C@]2(C(=O)O[C@@H]3O[C@H](CO)[C@@H](O)[C@H](O)[C@H]3O)CC[C@]3(C)C(=CC[C@H]4[C@@]5(C)C[C@H](O)[C@@H](O)[C@@](C)(CO)[C@H]5CC[C@]43C)[C@@H]2[C@@H]1O. The number of hydrogen-bond acceptors (Lipinski definition) is 11. The van der Waals surface area contributed by atoms with Gasteiger partial charge in [-0.05, 0) is 84.9 Å². The van der Waals surface area contributed by atoms with Crippen LogP contribution in [-0.4, -0.2) is 109 Å². The number of fused-ring (bicyclic) bond motifs is 7. The van der Waals surface area contributed by atoms with E-state index >= 15 is 0 Å². The molecule has 16 atom stereocenters. The van der Waals surface area contributed by atoms with E-state index < -0.39 is 89.2 Å². The fraction of sp³-hybridized carbons (Fsp3) is 0.917. The molecule has 5 fully saturated rings. The molecule has 6 rings (SSSR count). The molecule has 0 bridgehead atoms. The van der Waals surface area contributed by atoms with Crippen molar-refractivity contribution in [2.75, 3.05) is 13.2 Å². The fourth-order valence-corrected chi connectivity index (χ4v) is 12.1. The van der Waals surface area contributed by atoms with Crippen LogP contribution in [0.5, 0.6) is 0 Å². The first-order valence-electron chi connectivity index (χ1n) is 17.7. The second kappa shape index (κ2) is 11.4. The van der Waals surface area contributed by atoms with Crippen LogP contribution in [0.1, 0.15) is 92.9 Å². The third-order valence-electron chi connectivity index (χ3n) is 15.4. The van der Waals surface area contributed by atoms with Gasteiger partial charge < -0.3 is 50.3 Å². The number of carbonyl (C=O) groups is 1. The number of allylic oxidation sites excluding steroid dienone is 1. The van der Waals surface area contributed by atoms with Gasteiger partial charge in [0.1, 0.15) is 24.4 Å². The Kier molecular flexibility index (Phi) is 8.68. The summed E-state index contributed by atoms with van der Waals surface area (Å²) in [4.78, 5) is 14.4. The van der Waals surface area contributed by atoms with E-state index in [-0.39, 0.29) is 29.3 Å². The standard InChI is InChI=1S/C36H58O11/c1-31(2)11-13-36(30(45)47-29-26(42)25(41)24(40)20(16-37)46-29)14-12-34(5)18(23(36)28(31)44)7-8-22-32(3)15-19(39)27(43)33(4,17-38)21(32)9-10-35(22,34)6/h7,19-29,37-44H,8-17H2,1-6H3/t19-,20+,21-,22-,23+,24+,25-,26+,27+,28-,29-,32-,33-,34+,35+,36-/m0/s1. The van der Waals surface area contributed by atoms with E-state index in [0.717, 1.165) is 18.4 Å². The van der Waals surface area contributed by atoms with Gasteiger partial charge in [0.05, 0.1) is 36.9 Å². The molecule has 0 unspecified atom stereocenters. The minimum Gasteiger partial charge on any atom is -0.432 e. The first kappa shape index (κ1) is 35.7. The third-order valence-corrected chi connectivity index (χ3v) is 15.4. The van der Waals surface area contributed by atoms with E-state index in [0.29, 0.717) is 38.5 Å². The van der Waals surface area contributed by atoms with Crippen molar-refractivity contribution < 1.29 is 55.1 Å². The van der Waals surface area contributed by atoms with Crippen molar-refractivity contribution in [2.24, 2.45) is 50.2 Å². The molecular formula is C36H58O11. The van der Waals surface area contributed by atoms with E-state index in [1.807, 2.05) is 20.8 Å². The number of rotatable bonds is 4. The van der Waals surface area contributed by atoms with E-state index in [2.05, 4.69) is 26.8 Å². The average Bonchev–Trinajstić information content (AvgIpc) is 3.02. The van der Waals surface area contributed by atoms with Gasteiger partial charge in [-0.25, -0.2) is 0 Å². The van der Waals surface area contributed by atoms with Gasteiger partial charge in [-0.15, -0.1) is 0 Å². The molecule has 11 nitrogen and oxygen atoms in total. The minimum atomic E-state index is -1.72. The molecule has 0 aromatic carbocycles. The topological polar surface area (TPSA) is 197 Å². The predicted octanol–water partition coefficient (Wildman–Crippen LogP) is 1.41. The highest BCUT2D eigenvalue weighted by atomic mass is 16.7. The maximum Gasteiger partial charge on any atom is 0.315 e. The predicted molar refractivity (Wildman–Crippen MR) is 169 cm³/mol. The molecule has 0 aromatic heterocycles. The zero-order valence-corrected chi connectivity index (χ0v) is 28.8. The maximum absolute atomic E-state index is 14.4. The zero-order valence-electron chi connectivity index (χ0n) is 28.8. The lowest BCUT2D eigenvalue weighted by molar-refractivity contribution is -0.298. The van der Waals surface area contributed by atoms with Gasteiger partial charge in [-0.2, -0.15) is 0 Å². The van der Waals surface area contributed by atoms with Crippen molar-refractivity contribution in [1.29, 1.82) is 0 Å². The largest absolute Gasteiger partial charge is 0.432 e. The summed E-state index contributed by atoms with van der Waals surface area (Å²) in [5.41, 5.74) is -2.46. The maximum atomic E-state index is 14.4. The molecule has 0 spiro atoms. The summed E-state index contributed by atoms with van der Waals surface area (Å²) < 4.78 is 11.4. The molecule has 0 aromatic rings. The summed E-state index contributed by atoms with van der Waals surface area (Å²) >= 11 is 0. The highest BCUT2D eigenvalue weighted by molar-refractivity contribution is 5.79. The molecule has 6 aliphatic rings. The number of aliphatic hydroxyl groups excluding tert-OH is 8. The molecular weight excluding hydrogens is 608 g/mol. The number of hydrogen-bond donors (Lipinski definition) is 8. The normalized spacial score (nSPS) is 55.4. The molecule has 47 heavy (non-hydrogen) atoms. The summed E-state index contributed by atoms with van der Waals surface area (Å²) in [6.45, 7) is 11.9. The van der Waals surface area contributed by atoms with E-state index in [1.165, 1.54) is 0 Å². The van der Waals surface area contributed by atoms with Gasteiger partial charge in [0.25, 0.3) is 0 Å². The molecule has 1 aliphatic heterocycles. The van der Waals surface area contributed by atoms with Gasteiger partial charge in [-0.1, -0.05) is 53.2 Å². The Bertz CT molecular complexity index is 1270. The molecule has 268 valence electrons. The average molecular weight is 667 g/mol. The lowest BCUT2D eigenvalue weighted by Crippen LogP contribution is -2.69. The van der Waals surface area contributed by atoms with Crippen LogP contribution in [0, 0.1) is 50.2 Å². The molecule has 1 heterocycles. The lowest BCUT2D eigenvalue weighted by atomic mass is 9.33. The number of aliphatic hydroxyl groups is 8. The third kappa shape index (κ3) is 4.67. The summed E-state index contributed by atoms with van der Waals surface area (Å²) in [5.74, 6) is -1.08. The Morgan fingerprint density at radius 2 is 1.51 bits per heavy atom. The number of ether oxygens (including phenoxy) is 2. The van der Waals surface area contributed by atoms with Crippen LogP contribution in [0.25, 0.3) is 0 Å². The first-order chi connectivity index (χ1) is 21.8. The second-order valence-corrected chi connectivity index (χ2v) is 17.8. The van der Waals surface area contributed by atoms with Crippen molar-refractivity contribution >= 4 is 5.97 Å². The van der Waals surface area contributed by atoms with Gasteiger partial charge in [-0.3, -0.25) is 4.79 Å². The molecule has 11 heteroatoms. The molecule has 0 amide bonds. The van der Waals surface area contributed by atoms with E-state index in [9.17, 15) is 45.6 Å². The molecule has 5 aliphatic carbocycles. The molecule has 0 radical (unpaired) electrons. The van der Waals surface area contributed by atoms with Crippen molar-refractivity contribution in [3.05, 3.63) is 11.6 Å². The number of carbonyl (C=O) groups excluding carboxylic acids is 1. The quantitative estimate of drug-likeness (QED) is 0.160. The van der Waals surface area contributed by atoms with E-state index in [4.69, 9.17) is 9.47 Å². The smallest absolute Gasteiger partial charge is 0.315 e. The second-order valence-electron chi connectivity index (χ2n) is 17.8. The van der Waals surface area contributed by atoms with Gasteiger partial charge >= 0.3 is 5.97 Å². The highest BCUT2D eigenvalue weighted by Gasteiger charge is 2.72. The number of esters is 1. The summed E-state index contributed by atoms with van der Waals surface area (Å²) in [6, 6.07) is 0. The molecule has 8 N–H and O–H groups in total. The van der Waals surface area contributed by atoms with Crippen LogP contribution in [-0.2, 0) is 14.3 Å². The Labute approximate surface area is 278 Å². The molecule has 1 saturated heterocycles. The highest BCUT2D eigenvalue weighted by Crippen LogP contribution is 2.75. The van der Waals surface area contributed by atoms with Crippen molar-refractivity contribution in [3.63, 3.8) is 0 Å². The van der Waals surface area contributed by atoms with Crippen molar-refractivity contribution in [1.82, 2.24) is 0 Å². The Hall–Kier alpha value is -1.15. The first-order valence-corrected chi connectivity index (χ1v) is 17.7. The fourth-order valence-electron chi connectivity index (χ4n) is 12.1. The van der Waals surface area contributed by atoms with Gasteiger partial charge in [0.15, 0.2) is 0 Å². The zero-order chi connectivity index (χ0) is 34.7. The van der Waals surface area contributed by atoms with Gasteiger partial charge in [0, 0.05) is 11.3 Å². The monoisotopic (exact) mass is 666 g/mol. The Balaban J connectivity index is 1.39. The Morgan fingerprint density at radius 3 is 2.15 bits per heavy atom. The summed E-state index contributed by atoms with van der Waals surface area (Å²) in [5, 5.41) is 85.9. The van der Waals surface area contributed by atoms with Crippen molar-refractivity contribution in [2.45, 2.75) is 142 Å². The Morgan fingerprint density at radius 1 is 0.851 bits per heavy atom.